The summed E-state index contributed by atoms with van der Waals surface area (Å²) in [5, 5.41) is 44.0. The Labute approximate surface area is 435 Å². The minimum atomic E-state index is -1.30. The molecule has 0 spiro atoms. The molecule has 0 saturated heterocycles. The fourth-order valence-corrected chi connectivity index (χ4v) is 9.35. The number of nitrogens with one attached hydrogen (secondary N) is 1. The van der Waals surface area contributed by atoms with Gasteiger partial charge < -0.3 is 25.7 Å². The van der Waals surface area contributed by atoms with E-state index >= 15 is 0 Å². The molecule has 6 nitrogen and oxygen atoms in total. The number of rotatable bonds is 56. The summed E-state index contributed by atoms with van der Waals surface area (Å²) in [6.07, 6.45) is 75.9. The number of hydrogen-bond donors (Lipinski definition) is 5. The van der Waals surface area contributed by atoms with E-state index in [1.54, 1.807) is 0 Å². The van der Waals surface area contributed by atoms with Crippen molar-refractivity contribution in [2.45, 2.75) is 334 Å². The van der Waals surface area contributed by atoms with Crippen LogP contribution in [0.15, 0.2) is 60.8 Å². The number of aliphatic hydroxyl groups excluding tert-OH is 4. The van der Waals surface area contributed by atoms with Crippen molar-refractivity contribution in [2.24, 2.45) is 0 Å². The Balaban J connectivity index is 3.71. The molecule has 0 aromatic carbocycles. The normalized spacial score (nSPS) is 14.1. The van der Waals surface area contributed by atoms with Crippen LogP contribution in [0.4, 0.5) is 0 Å². The minimum Gasteiger partial charge on any atom is -0.394 e. The molecule has 0 rings (SSSR count). The van der Waals surface area contributed by atoms with E-state index in [9.17, 15) is 25.2 Å². The van der Waals surface area contributed by atoms with Gasteiger partial charge in [-0.15, -0.1) is 0 Å². The summed E-state index contributed by atoms with van der Waals surface area (Å²) in [5.74, 6) is -0.603. The largest absolute Gasteiger partial charge is 0.394 e. The highest BCUT2D eigenvalue weighted by Crippen LogP contribution is 2.17. The van der Waals surface area contributed by atoms with E-state index < -0.39 is 36.9 Å². The molecule has 6 heteroatoms. The molecule has 70 heavy (non-hydrogen) atoms. The molecule has 0 fully saturated rings. The molecule has 0 radical (unpaired) electrons. The molecule has 0 aromatic rings. The number of aliphatic hydroxyl groups is 4. The Morgan fingerprint density at radius 2 is 0.643 bits per heavy atom. The molecule has 0 bridgehead atoms. The van der Waals surface area contributed by atoms with Gasteiger partial charge in [-0.2, -0.15) is 0 Å². The van der Waals surface area contributed by atoms with Gasteiger partial charge in [-0.1, -0.05) is 274 Å². The summed E-state index contributed by atoms with van der Waals surface area (Å²) in [7, 11) is 0. The average Bonchev–Trinajstić information content (AvgIpc) is 3.36. The maximum absolute atomic E-state index is 12.6. The van der Waals surface area contributed by atoms with Gasteiger partial charge in [-0.05, 0) is 96.3 Å². The molecule has 0 heterocycles. The maximum atomic E-state index is 12.6. The Kier molecular flexibility index (Phi) is 56.3. The van der Waals surface area contributed by atoms with Crippen LogP contribution in [-0.4, -0.2) is 57.3 Å². The van der Waals surface area contributed by atoms with Gasteiger partial charge in [0.25, 0.3) is 0 Å². The SMILES string of the molecule is CCCCCCCCCCC/C=C\C/C=C\CCCCCCCCCCC(O)C(=O)NC(CO)C(O)C(O)CCC/C=C/CC/C=C/CC/C=C/CCCCCCCCCCCCCCCCCCC. The lowest BCUT2D eigenvalue weighted by Crippen LogP contribution is -2.53. The Bertz CT molecular complexity index is 1190. The topological polar surface area (TPSA) is 110 Å². The molecule has 0 aliphatic carbocycles. The van der Waals surface area contributed by atoms with Crippen LogP contribution in [0.3, 0.4) is 0 Å². The van der Waals surface area contributed by atoms with E-state index in [0.29, 0.717) is 19.3 Å². The average molecular weight is 983 g/mol. The third-order valence-electron chi connectivity index (χ3n) is 14.2. The lowest BCUT2D eigenvalue weighted by molar-refractivity contribution is -0.132. The number of amides is 1. The zero-order valence-electron chi connectivity index (χ0n) is 46.5. The summed E-state index contributed by atoms with van der Waals surface area (Å²) in [6.45, 7) is 4.07. The van der Waals surface area contributed by atoms with Crippen molar-refractivity contribution in [2.75, 3.05) is 6.61 Å². The van der Waals surface area contributed by atoms with Crippen LogP contribution in [0, 0.1) is 0 Å². The predicted molar refractivity (Wildman–Crippen MR) is 306 cm³/mol. The van der Waals surface area contributed by atoms with E-state index in [1.807, 2.05) is 0 Å². The van der Waals surface area contributed by atoms with E-state index in [2.05, 4.69) is 79.9 Å². The Morgan fingerprint density at radius 1 is 0.357 bits per heavy atom. The third-order valence-corrected chi connectivity index (χ3v) is 14.2. The quantitative estimate of drug-likeness (QED) is 0.0308. The van der Waals surface area contributed by atoms with Gasteiger partial charge >= 0.3 is 0 Å². The van der Waals surface area contributed by atoms with E-state index in [0.717, 1.165) is 64.2 Å². The molecule has 5 N–H and O–H groups in total. The second-order valence-electron chi connectivity index (χ2n) is 21.0. The molecule has 4 atom stereocenters. The van der Waals surface area contributed by atoms with Gasteiger partial charge in [-0.3, -0.25) is 4.79 Å². The van der Waals surface area contributed by atoms with E-state index in [-0.39, 0.29) is 0 Å². The molecule has 1 amide bonds. The molecule has 410 valence electrons. The lowest BCUT2D eigenvalue weighted by atomic mass is 10.00. The van der Waals surface area contributed by atoms with Crippen LogP contribution < -0.4 is 5.32 Å². The Morgan fingerprint density at radius 3 is 0.986 bits per heavy atom. The number of hydrogen-bond acceptors (Lipinski definition) is 5. The Hall–Kier alpha value is -1.99. The molecule has 0 saturated carbocycles. The van der Waals surface area contributed by atoms with Crippen LogP contribution in [0.1, 0.15) is 309 Å². The van der Waals surface area contributed by atoms with Crippen molar-refractivity contribution in [3.63, 3.8) is 0 Å². The third kappa shape index (κ3) is 50.9. The summed E-state index contributed by atoms with van der Waals surface area (Å²) in [6, 6.07) is -1.02. The van der Waals surface area contributed by atoms with Crippen molar-refractivity contribution >= 4 is 5.91 Å². The second-order valence-corrected chi connectivity index (χ2v) is 21.0. The van der Waals surface area contributed by atoms with Crippen molar-refractivity contribution in [3.8, 4) is 0 Å². The molecule has 0 aromatic heterocycles. The van der Waals surface area contributed by atoms with Crippen LogP contribution in [-0.2, 0) is 4.79 Å². The maximum Gasteiger partial charge on any atom is 0.249 e. The van der Waals surface area contributed by atoms with Crippen molar-refractivity contribution in [3.05, 3.63) is 60.8 Å². The number of allylic oxidation sites excluding steroid dienone is 10. The summed E-state index contributed by atoms with van der Waals surface area (Å²) in [5.41, 5.74) is 0. The highest BCUT2D eigenvalue weighted by atomic mass is 16.3. The van der Waals surface area contributed by atoms with Crippen LogP contribution in [0.25, 0.3) is 0 Å². The highest BCUT2D eigenvalue weighted by molar-refractivity contribution is 5.80. The van der Waals surface area contributed by atoms with E-state index in [4.69, 9.17) is 0 Å². The fraction of sp³-hybridized carbons (Fsp3) is 0.828. The summed E-state index contributed by atoms with van der Waals surface area (Å²) >= 11 is 0. The van der Waals surface area contributed by atoms with Gasteiger partial charge in [0.1, 0.15) is 12.2 Å². The van der Waals surface area contributed by atoms with Crippen molar-refractivity contribution in [1.82, 2.24) is 5.32 Å². The minimum absolute atomic E-state index is 0.350. The number of carbonyl (C=O) groups excluding carboxylic acids is 1. The van der Waals surface area contributed by atoms with Crippen molar-refractivity contribution < 1.29 is 25.2 Å². The number of unbranched alkanes of at least 4 members (excludes halogenated alkanes) is 37. The molecule has 0 aliphatic heterocycles. The first kappa shape index (κ1) is 68.0. The van der Waals surface area contributed by atoms with Crippen molar-refractivity contribution in [1.29, 1.82) is 0 Å². The fourth-order valence-electron chi connectivity index (χ4n) is 9.35. The standard InChI is InChI=1S/C64H119NO5/c1-3-5-7-9-11-13-15-17-19-21-23-25-27-29-30-31-32-33-34-36-37-39-41-43-45-47-49-51-53-55-57-61(67)63(69)60(59-66)65-64(70)62(68)58-56-54-52-50-48-46-44-42-40-38-35-28-26-24-22-20-18-16-14-12-10-8-6-4-2/h24,26,34-36,38,41,43,49,51,60-63,66-69H,3-23,25,27-33,37,39-40,42,44-48,50,52-59H2,1-2H3,(H,65,70)/b26-24-,36-34+,38-35-,43-41+,51-49+. The zero-order valence-corrected chi connectivity index (χ0v) is 46.5. The number of carbonyl (C=O) groups is 1. The monoisotopic (exact) mass is 982 g/mol. The van der Waals surface area contributed by atoms with Gasteiger partial charge in [0.2, 0.25) is 5.91 Å². The molecular weight excluding hydrogens is 863 g/mol. The first-order valence-electron chi connectivity index (χ1n) is 30.7. The first-order valence-corrected chi connectivity index (χ1v) is 30.7. The van der Waals surface area contributed by atoms with Gasteiger partial charge in [0.15, 0.2) is 0 Å². The van der Waals surface area contributed by atoms with Gasteiger partial charge in [0, 0.05) is 0 Å². The van der Waals surface area contributed by atoms with Crippen LogP contribution in [0.2, 0.25) is 0 Å². The second kappa shape index (κ2) is 57.9. The zero-order chi connectivity index (χ0) is 50.9. The molecule has 4 unspecified atom stereocenters. The smallest absolute Gasteiger partial charge is 0.249 e. The molecular formula is C64H119NO5. The summed E-state index contributed by atoms with van der Waals surface area (Å²) in [4.78, 5) is 12.6. The first-order chi connectivity index (χ1) is 34.5. The van der Waals surface area contributed by atoms with Crippen LogP contribution >= 0.6 is 0 Å². The van der Waals surface area contributed by atoms with Gasteiger partial charge in [0.05, 0.1) is 18.8 Å². The van der Waals surface area contributed by atoms with Gasteiger partial charge in [-0.25, -0.2) is 0 Å². The predicted octanol–water partition coefficient (Wildman–Crippen LogP) is 18.3. The highest BCUT2D eigenvalue weighted by Gasteiger charge is 2.28. The lowest BCUT2D eigenvalue weighted by Gasteiger charge is -2.27. The molecule has 0 aliphatic rings. The van der Waals surface area contributed by atoms with Crippen LogP contribution in [0.5, 0.6) is 0 Å². The van der Waals surface area contributed by atoms with E-state index in [1.165, 1.54) is 212 Å². The summed E-state index contributed by atoms with van der Waals surface area (Å²) < 4.78 is 0.